The van der Waals surface area contributed by atoms with Crippen LogP contribution in [-0.2, 0) is 4.79 Å². The van der Waals surface area contributed by atoms with Crippen LogP contribution in [0.1, 0.15) is 28.7 Å². The highest BCUT2D eigenvalue weighted by atomic mass is 16.5. The number of nitrogens with zero attached hydrogens (tertiary/aromatic N) is 3. The molecule has 0 radical (unpaired) electrons. The first-order valence-electron chi connectivity index (χ1n) is 8.67. The molecular weight excluding hydrogens is 338 g/mol. The molecule has 2 aromatic carbocycles. The Morgan fingerprint density at radius 1 is 1.11 bits per heavy atom. The Hall–Kier alpha value is -3.57. The maximum absolute atomic E-state index is 12.2. The van der Waals surface area contributed by atoms with Gasteiger partial charge in [-0.25, -0.2) is 0 Å². The van der Waals surface area contributed by atoms with Crippen molar-refractivity contribution < 1.29 is 9.53 Å². The fourth-order valence-corrected chi connectivity index (χ4v) is 4.39. The maximum Gasteiger partial charge on any atom is 0.222 e. The molecule has 0 spiro atoms. The summed E-state index contributed by atoms with van der Waals surface area (Å²) in [7, 11) is 1.58. The third-order valence-electron chi connectivity index (χ3n) is 5.61. The second kappa shape index (κ2) is 6.30. The van der Waals surface area contributed by atoms with E-state index in [4.69, 9.17) is 4.74 Å². The first-order chi connectivity index (χ1) is 13.2. The molecule has 0 aliphatic carbocycles. The number of nitriles is 2. The SMILES string of the molecule is COc1ccc([C@@H]2[C@@H](C=O)[C@@H]3c4ccccc4C=CN3C2(C#N)C#N)cc1. The molecule has 5 heteroatoms. The number of benzene rings is 2. The Labute approximate surface area is 157 Å². The van der Waals surface area contributed by atoms with Crippen molar-refractivity contribution in [2.45, 2.75) is 17.5 Å². The molecule has 0 amide bonds. The Balaban J connectivity index is 1.93. The lowest BCUT2D eigenvalue weighted by molar-refractivity contribution is -0.112. The summed E-state index contributed by atoms with van der Waals surface area (Å²) in [4.78, 5) is 14.0. The van der Waals surface area contributed by atoms with E-state index in [2.05, 4.69) is 12.1 Å². The van der Waals surface area contributed by atoms with E-state index in [9.17, 15) is 15.3 Å². The molecule has 0 bridgehead atoms. The summed E-state index contributed by atoms with van der Waals surface area (Å²) < 4.78 is 5.21. The molecule has 1 saturated heterocycles. The van der Waals surface area contributed by atoms with Crippen molar-refractivity contribution in [3.05, 3.63) is 71.4 Å². The highest BCUT2D eigenvalue weighted by molar-refractivity contribution is 5.68. The molecule has 0 unspecified atom stereocenters. The normalized spacial score (nSPS) is 24.3. The lowest BCUT2D eigenvalue weighted by Gasteiger charge is -2.35. The van der Waals surface area contributed by atoms with Gasteiger partial charge in [0.05, 0.1) is 19.1 Å². The van der Waals surface area contributed by atoms with Gasteiger partial charge in [-0.15, -0.1) is 0 Å². The number of fused-ring (bicyclic) bond motifs is 3. The zero-order chi connectivity index (χ0) is 19.0. The lowest BCUT2D eigenvalue weighted by atomic mass is 9.75. The summed E-state index contributed by atoms with van der Waals surface area (Å²) in [5.74, 6) is -0.414. The number of rotatable bonds is 3. The summed E-state index contributed by atoms with van der Waals surface area (Å²) >= 11 is 0. The van der Waals surface area contributed by atoms with Crippen molar-refractivity contribution in [2.24, 2.45) is 5.92 Å². The van der Waals surface area contributed by atoms with Gasteiger partial charge in [-0.05, 0) is 34.9 Å². The molecule has 1 fully saturated rings. The fourth-order valence-electron chi connectivity index (χ4n) is 4.39. The number of aldehydes is 1. The van der Waals surface area contributed by atoms with Crippen LogP contribution in [-0.4, -0.2) is 23.8 Å². The predicted molar refractivity (Wildman–Crippen MR) is 99.3 cm³/mol. The van der Waals surface area contributed by atoms with Crippen molar-refractivity contribution >= 4 is 12.4 Å². The molecule has 0 aromatic heterocycles. The average molecular weight is 355 g/mol. The second-order valence-electron chi connectivity index (χ2n) is 6.75. The van der Waals surface area contributed by atoms with E-state index in [0.717, 1.165) is 23.0 Å². The second-order valence-corrected chi connectivity index (χ2v) is 6.75. The molecule has 3 atom stereocenters. The minimum atomic E-state index is -1.46. The predicted octanol–water partition coefficient (Wildman–Crippen LogP) is 3.42. The van der Waals surface area contributed by atoms with Crippen LogP contribution in [0, 0.1) is 28.6 Å². The van der Waals surface area contributed by atoms with E-state index in [1.54, 1.807) is 30.3 Å². The summed E-state index contributed by atoms with van der Waals surface area (Å²) in [6.45, 7) is 0. The number of carbonyl (C=O) groups is 1. The highest BCUT2D eigenvalue weighted by Crippen LogP contribution is 2.56. The Bertz CT molecular complexity index is 983. The Morgan fingerprint density at radius 2 is 1.81 bits per heavy atom. The molecule has 132 valence electrons. The smallest absolute Gasteiger partial charge is 0.222 e. The van der Waals surface area contributed by atoms with Crippen molar-refractivity contribution in [1.29, 1.82) is 10.5 Å². The zero-order valence-electron chi connectivity index (χ0n) is 14.7. The zero-order valence-corrected chi connectivity index (χ0v) is 14.7. The topological polar surface area (TPSA) is 77.1 Å². The molecule has 27 heavy (non-hydrogen) atoms. The monoisotopic (exact) mass is 355 g/mol. The first-order valence-corrected chi connectivity index (χ1v) is 8.67. The van der Waals surface area contributed by atoms with Crippen LogP contribution in [0.4, 0.5) is 0 Å². The van der Waals surface area contributed by atoms with Gasteiger partial charge in [-0.2, -0.15) is 10.5 Å². The third kappa shape index (κ3) is 2.26. The molecular formula is C22H17N3O2. The Kier molecular flexibility index (Phi) is 3.94. The van der Waals surface area contributed by atoms with E-state index in [1.807, 2.05) is 42.5 Å². The standard InChI is InChI=1S/C22H17N3O2/c1-27-17-8-6-16(7-9-17)20-19(12-26)21-18-5-3-2-4-15(18)10-11-25(21)22(20,13-23)14-24/h2-12,19-21H,1H3/t19-,20-,21+/m1/s1. The Morgan fingerprint density at radius 3 is 2.44 bits per heavy atom. The summed E-state index contributed by atoms with van der Waals surface area (Å²) in [6.07, 6.45) is 4.56. The number of hydrogen-bond acceptors (Lipinski definition) is 5. The van der Waals surface area contributed by atoms with E-state index in [0.29, 0.717) is 5.75 Å². The molecule has 0 saturated carbocycles. The molecule has 2 aliphatic rings. The number of carbonyl (C=O) groups excluding carboxylic acids is 1. The summed E-state index contributed by atoms with van der Waals surface area (Å²) in [5, 5.41) is 20.1. The van der Waals surface area contributed by atoms with Crippen LogP contribution in [0.25, 0.3) is 6.08 Å². The van der Waals surface area contributed by atoms with Crippen LogP contribution in [0.15, 0.2) is 54.7 Å². The number of hydrogen-bond donors (Lipinski definition) is 0. The van der Waals surface area contributed by atoms with Gasteiger partial charge in [-0.3, -0.25) is 0 Å². The van der Waals surface area contributed by atoms with E-state index in [-0.39, 0.29) is 6.04 Å². The van der Waals surface area contributed by atoms with Crippen molar-refractivity contribution in [1.82, 2.24) is 4.90 Å². The minimum Gasteiger partial charge on any atom is -0.497 e. The van der Waals surface area contributed by atoms with Crippen LogP contribution in [0.2, 0.25) is 0 Å². The molecule has 2 aliphatic heterocycles. The molecule has 0 N–H and O–H groups in total. The lowest BCUT2D eigenvalue weighted by Crippen LogP contribution is -2.43. The van der Waals surface area contributed by atoms with Gasteiger partial charge >= 0.3 is 0 Å². The van der Waals surface area contributed by atoms with Crippen molar-refractivity contribution in [2.75, 3.05) is 7.11 Å². The van der Waals surface area contributed by atoms with Crippen molar-refractivity contribution in [3.63, 3.8) is 0 Å². The average Bonchev–Trinajstić information content (AvgIpc) is 3.04. The maximum atomic E-state index is 12.2. The van der Waals surface area contributed by atoms with E-state index < -0.39 is 17.4 Å². The molecule has 2 aromatic rings. The molecule has 5 nitrogen and oxygen atoms in total. The van der Waals surface area contributed by atoms with Gasteiger partial charge in [0, 0.05) is 12.1 Å². The number of methoxy groups -OCH3 is 1. The summed E-state index contributed by atoms with van der Waals surface area (Å²) in [5.41, 5.74) is 1.28. The van der Waals surface area contributed by atoms with Gasteiger partial charge in [0.1, 0.15) is 24.2 Å². The van der Waals surface area contributed by atoms with Gasteiger partial charge in [0.25, 0.3) is 0 Å². The van der Waals surface area contributed by atoms with Gasteiger partial charge in [-0.1, -0.05) is 36.4 Å². The van der Waals surface area contributed by atoms with Gasteiger partial charge < -0.3 is 14.4 Å². The van der Waals surface area contributed by atoms with Crippen LogP contribution in [0.3, 0.4) is 0 Å². The number of ether oxygens (including phenoxy) is 1. The van der Waals surface area contributed by atoms with E-state index in [1.165, 1.54) is 0 Å². The molecule has 4 rings (SSSR count). The largest absolute Gasteiger partial charge is 0.497 e. The van der Waals surface area contributed by atoms with Gasteiger partial charge in [0.2, 0.25) is 5.54 Å². The quantitative estimate of drug-likeness (QED) is 0.789. The first kappa shape index (κ1) is 16.9. The van der Waals surface area contributed by atoms with Gasteiger partial charge in [0.15, 0.2) is 0 Å². The minimum absolute atomic E-state index is 0.352. The third-order valence-corrected chi connectivity index (χ3v) is 5.61. The molecule has 2 heterocycles. The summed E-state index contributed by atoms with van der Waals surface area (Å²) in [6, 6.07) is 19.1. The van der Waals surface area contributed by atoms with E-state index >= 15 is 0 Å². The fraction of sp³-hybridized carbons (Fsp3) is 0.227. The highest BCUT2D eigenvalue weighted by Gasteiger charge is 2.61. The van der Waals surface area contributed by atoms with Crippen LogP contribution in [0.5, 0.6) is 5.75 Å². The van der Waals surface area contributed by atoms with Crippen LogP contribution >= 0.6 is 0 Å². The van der Waals surface area contributed by atoms with Crippen molar-refractivity contribution in [3.8, 4) is 17.9 Å². The van der Waals surface area contributed by atoms with Crippen LogP contribution < -0.4 is 4.74 Å².